The highest BCUT2D eigenvalue weighted by molar-refractivity contribution is 6.02. The Bertz CT molecular complexity index is 665. The van der Waals surface area contributed by atoms with Crippen molar-refractivity contribution in [1.82, 2.24) is 4.98 Å². The Morgan fingerprint density at radius 3 is 3.00 bits per heavy atom. The van der Waals surface area contributed by atoms with Gasteiger partial charge in [0.25, 0.3) is 5.91 Å². The van der Waals surface area contributed by atoms with E-state index in [0.717, 1.165) is 5.56 Å². The van der Waals surface area contributed by atoms with E-state index < -0.39 is 0 Å². The molecule has 0 spiro atoms. The van der Waals surface area contributed by atoms with Gasteiger partial charge in [-0.05, 0) is 31.0 Å². The third-order valence-corrected chi connectivity index (χ3v) is 2.51. The Hall–Kier alpha value is -2.58. The molecule has 0 atom stereocenters. The van der Waals surface area contributed by atoms with E-state index in [2.05, 4.69) is 22.1 Å². The van der Waals surface area contributed by atoms with Crippen molar-refractivity contribution in [2.24, 2.45) is 0 Å². The van der Waals surface area contributed by atoms with Crippen LogP contribution in [0.3, 0.4) is 0 Å². The first-order valence-corrected chi connectivity index (χ1v) is 6.13. The number of hydrogen-bond acceptors (Lipinski definition) is 4. The average molecular weight is 270 g/mol. The summed E-state index contributed by atoms with van der Waals surface area (Å²) in [5, 5.41) is 11.3. The van der Waals surface area contributed by atoms with E-state index in [1.165, 1.54) is 6.26 Å². The van der Waals surface area contributed by atoms with E-state index in [9.17, 15) is 4.79 Å². The van der Waals surface area contributed by atoms with Gasteiger partial charge in [-0.1, -0.05) is 12.0 Å². The number of anilines is 1. The number of nitrogens with one attached hydrogen (secondary N) is 1. The van der Waals surface area contributed by atoms with Gasteiger partial charge in [-0.15, -0.1) is 0 Å². The number of aryl methyl sites for hydroxylation is 1. The fourth-order valence-corrected chi connectivity index (χ4v) is 1.56. The lowest BCUT2D eigenvalue weighted by Crippen LogP contribution is -2.13. The molecule has 5 heteroatoms. The summed E-state index contributed by atoms with van der Waals surface area (Å²) in [6, 6.07) is 6.88. The summed E-state index contributed by atoms with van der Waals surface area (Å²) in [4.78, 5) is 16.1. The lowest BCUT2D eigenvalue weighted by Gasteiger charge is -2.03. The van der Waals surface area contributed by atoms with E-state index in [0.29, 0.717) is 17.9 Å². The second-order valence-electron chi connectivity index (χ2n) is 4.07. The van der Waals surface area contributed by atoms with Gasteiger partial charge in [0.15, 0.2) is 5.76 Å². The minimum absolute atomic E-state index is 0.0151. The summed E-state index contributed by atoms with van der Waals surface area (Å²) in [5.41, 5.74) is 1.30. The molecular weight excluding hydrogens is 256 g/mol. The third-order valence-electron chi connectivity index (χ3n) is 2.51. The van der Waals surface area contributed by atoms with Crippen LogP contribution in [-0.4, -0.2) is 22.6 Å². The van der Waals surface area contributed by atoms with Crippen LogP contribution < -0.4 is 5.32 Å². The van der Waals surface area contributed by atoms with E-state index in [-0.39, 0.29) is 18.3 Å². The van der Waals surface area contributed by atoms with E-state index in [4.69, 9.17) is 9.52 Å². The van der Waals surface area contributed by atoms with Crippen molar-refractivity contribution in [2.45, 2.75) is 13.3 Å². The fourth-order valence-electron chi connectivity index (χ4n) is 1.56. The first-order valence-electron chi connectivity index (χ1n) is 6.13. The normalized spacial score (nSPS) is 9.70. The smallest absolute Gasteiger partial charge is 0.292 e. The van der Waals surface area contributed by atoms with Crippen molar-refractivity contribution < 1.29 is 14.3 Å². The maximum absolute atomic E-state index is 12.0. The number of furan rings is 1. The van der Waals surface area contributed by atoms with Gasteiger partial charge in [0.2, 0.25) is 0 Å². The number of aromatic nitrogens is 1. The van der Waals surface area contributed by atoms with Crippen molar-refractivity contribution in [3.8, 4) is 11.8 Å². The molecule has 0 aromatic carbocycles. The topological polar surface area (TPSA) is 75.4 Å². The molecule has 0 saturated heterocycles. The largest absolute Gasteiger partial charge is 0.459 e. The summed E-state index contributed by atoms with van der Waals surface area (Å²) in [6.45, 7) is 1.81. The second kappa shape index (κ2) is 6.55. The maximum atomic E-state index is 12.0. The number of carbonyl (C=O) groups is 1. The van der Waals surface area contributed by atoms with Gasteiger partial charge in [0.05, 0.1) is 12.9 Å². The Balaban J connectivity index is 2.11. The summed E-state index contributed by atoms with van der Waals surface area (Å²) in [6.07, 6.45) is 1.86. The Kier molecular flexibility index (Phi) is 4.53. The summed E-state index contributed by atoms with van der Waals surface area (Å²) in [5.74, 6) is 5.91. The van der Waals surface area contributed by atoms with E-state index in [1.807, 2.05) is 0 Å². The lowest BCUT2D eigenvalue weighted by atomic mass is 10.2. The van der Waals surface area contributed by atoms with Crippen molar-refractivity contribution in [3.63, 3.8) is 0 Å². The zero-order valence-corrected chi connectivity index (χ0v) is 11.0. The Morgan fingerprint density at radius 1 is 1.45 bits per heavy atom. The number of aliphatic hydroxyl groups excluding tert-OH is 1. The lowest BCUT2D eigenvalue weighted by molar-refractivity contribution is 0.0995. The van der Waals surface area contributed by atoms with Crippen LogP contribution in [0.4, 0.5) is 5.82 Å². The van der Waals surface area contributed by atoms with Crippen molar-refractivity contribution in [1.29, 1.82) is 0 Å². The molecule has 20 heavy (non-hydrogen) atoms. The van der Waals surface area contributed by atoms with Gasteiger partial charge >= 0.3 is 0 Å². The van der Waals surface area contributed by atoms with E-state index >= 15 is 0 Å². The molecule has 2 N–H and O–H groups in total. The van der Waals surface area contributed by atoms with Crippen molar-refractivity contribution in [2.75, 3.05) is 11.9 Å². The van der Waals surface area contributed by atoms with Gasteiger partial charge < -0.3 is 14.8 Å². The minimum atomic E-state index is -0.347. The van der Waals surface area contributed by atoms with Gasteiger partial charge in [-0.25, -0.2) is 4.98 Å². The molecular formula is C15H14N2O3. The highest BCUT2D eigenvalue weighted by Gasteiger charge is 2.13. The molecule has 1 amide bonds. The molecule has 5 nitrogen and oxygen atoms in total. The first-order chi connectivity index (χ1) is 9.70. The number of aliphatic hydroxyl groups is 1. The zero-order valence-electron chi connectivity index (χ0n) is 11.0. The van der Waals surface area contributed by atoms with Gasteiger partial charge in [0.1, 0.15) is 11.5 Å². The maximum Gasteiger partial charge on any atom is 0.292 e. The summed E-state index contributed by atoms with van der Waals surface area (Å²) >= 11 is 0. The van der Waals surface area contributed by atoms with Crippen LogP contribution in [0.15, 0.2) is 34.9 Å². The standard InChI is InChI=1S/C15H14N2O3/c1-11-8-10-20-14(11)15(19)17-13-7-4-6-12(16-13)5-2-3-9-18/h4,6-8,10,18H,3,9H2,1H3,(H,16,17,19). The van der Waals surface area contributed by atoms with Crippen LogP contribution in [0.2, 0.25) is 0 Å². The van der Waals surface area contributed by atoms with Gasteiger partial charge in [-0.2, -0.15) is 0 Å². The fraction of sp³-hybridized carbons (Fsp3) is 0.200. The summed E-state index contributed by atoms with van der Waals surface area (Å²) in [7, 11) is 0. The molecule has 102 valence electrons. The number of amides is 1. The van der Waals surface area contributed by atoms with Crippen molar-refractivity contribution in [3.05, 3.63) is 47.5 Å². The highest BCUT2D eigenvalue weighted by atomic mass is 16.3. The predicted molar refractivity (Wildman–Crippen MR) is 74.2 cm³/mol. The molecule has 0 aliphatic carbocycles. The third kappa shape index (κ3) is 3.46. The highest BCUT2D eigenvalue weighted by Crippen LogP contribution is 2.12. The van der Waals surface area contributed by atoms with Crippen LogP contribution in [0.25, 0.3) is 0 Å². The minimum Gasteiger partial charge on any atom is -0.459 e. The second-order valence-corrected chi connectivity index (χ2v) is 4.07. The molecule has 0 aliphatic heterocycles. The number of pyridine rings is 1. The molecule has 2 aromatic rings. The molecule has 2 rings (SSSR count). The van der Waals surface area contributed by atoms with E-state index in [1.54, 1.807) is 31.2 Å². The number of carbonyl (C=O) groups excluding carboxylic acids is 1. The number of nitrogens with zero attached hydrogens (tertiary/aromatic N) is 1. The van der Waals surface area contributed by atoms with Crippen LogP contribution in [0.1, 0.15) is 28.2 Å². The van der Waals surface area contributed by atoms with Crippen LogP contribution in [0, 0.1) is 18.8 Å². The SMILES string of the molecule is Cc1ccoc1C(=O)Nc1cccc(C#CCCO)n1. The zero-order chi connectivity index (χ0) is 14.4. The first kappa shape index (κ1) is 13.8. The van der Waals surface area contributed by atoms with Crippen LogP contribution in [-0.2, 0) is 0 Å². The van der Waals surface area contributed by atoms with Crippen LogP contribution >= 0.6 is 0 Å². The molecule has 2 heterocycles. The predicted octanol–water partition coefficient (Wildman–Crippen LogP) is 1.97. The van der Waals surface area contributed by atoms with Gasteiger partial charge in [-0.3, -0.25) is 4.79 Å². The molecule has 0 saturated carbocycles. The molecule has 0 radical (unpaired) electrons. The molecule has 0 fully saturated rings. The Morgan fingerprint density at radius 2 is 2.30 bits per heavy atom. The summed E-state index contributed by atoms with van der Waals surface area (Å²) < 4.78 is 5.11. The molecule has 2 aromatic heterocycles. The van der Waals surface area contributed by atoms with Crippen LogP contribution in [0.5, 0.6) is 0 Å². The van der Waals surface area contributed by atoms with Crippen molar-refractivity contribution >= 4 is 11.7 Å². The monoisotopic (exact) mass is 270 g/mol. The molecule has 0 unspecified atom stereocenters. The average Bonchev–Trinajstić information content (AvgIpc) is 2.86. The molecule has 0 aliphatic rings. The molecule has 0 bridgehead atoms. The Labute approximate surface area is 116 Å². The number of hydrogen-bond donors (Lipinski definition) is 2. The number of rotatable bonds is 3. The van der Waals surface area contributed by atoms with Gasteiger partial charge in [0, 0.05) is 12.0 Å². The quantitative estimate of drug-likeness (QED) is 0.836.